The number of pyridine rings is 1. The van der Waals surface area contributed by atoms with Crippen molar-refractivity contribution in [3.05, 3.63) is 18.3 Å². The molecule has 106 valence electrons. The molecule has 1 unspecified atom stereocenters. The normalized spacial score (nSPS) is 20.2. The van der Waals surface area contributed by atoms with E-state index in [0.29, 0.717) is 19.0 Å². The lowest BCUT2D eigenvalue weighted by Gasteiger charge is -2.22. The van der Waals surface area contributed by atoms with Crippen molar-refractivity contribution in [1.29, 1.82) is 0 Å². The highest BCUT2D eigenvalue weighted by Crippen LogP contribution is 2.18. The summed E-state index contributed by atoms with van der Waals surface area (Å²) in [6.45, 7) is 1.80. The summed E-state index contributed by atoms with van der Waals surface area (Å²) < 4.78 is 32.4. The van der Waals surface area contributed by atoms with E-state index in [1.807, 2.05) is 0 Å². The molecular formula is C12H19N3O3S. The SMILES string of the molecule is CNc1ncccc1S(=O)(=O)NCC1CCCOC1. The molecule has 6 nitrogen and oxygen atoms in total. The van der Waals surface area contributed by atoms with Gasteiger partial charge in [-0.25, -0.2) is 18.1 Å². The van der Waals surface area contributed by atoms with E-state index in [-0.39, 0.29) is 10.8 Å². The Morgan fingerprint density at radius 3 is 3.05 bits per heavy atom. The van der Waals surface area contributed by atoms with Gasteiger partial charge in [0.05, 0.1) is 6.61 Å². The number of hydrogen-bond acceptors (Lipinski definition) is 5. The van der Waals surface area contributed by atoms with Gasteiger partial charge in [0, 0.05) is 26.4 Å². The van der Waals surface area contributed by atoms with E-state index < -0.39 is 10.0 Å². The van der Waals surface area contributed by atoms with Crippen molar-refractivity contribution in [3.63, 3.8) is 0 Å². The Morgan fingerprint density at radius 2 is 2.37 bits per heavy atom. The summed E-state index contributed by atoms with van der Waals surface area (Å²) in [5, 5.41) is 2.78. The van der Waals surface area contributed by atoms with E-state index in [0.717, 1.165) is 19.4 Å². The van der Waals surface area contributed by atoms with Gasteiger partial charge in [0.1, 0.15) is 10.7 Å². The zero-order chi connectivity index (χ0) is 13.7. The van der Waals surface area contributed by atoms with Crippen LogP contribution in [0.25, 0.3) is 0 Å². The summed E-state index contributed by atoms with van der Waals surface area (Å²) in [5.74, 6) is 0.605. The Balaban J connectivity index is 2.05. The average Bonchev–Trinajstić information content (AvgIpc) is 2.46. The van der Waals surface area contributed by atoms with Gasteiger partial charge in [-0.1, -0.05) is 0 Å². The van der Waals surface area contributed by atoms with E-state index in [4.69, 9.17) is 4.74 Å². The highest BCUT2D eigenvalue weighted by molar-refractivity contribution is 7.89. The van der Waals surface area contributed by atoms with Crippen LogP contribution in [0.15, 0.2) is 23.2 Å². The first-order chi connectivity index (χ1) is 9.13. The fraction of sp³-hybridized carbons (Fsp3) is 0.583. The molecule has 0 bridgehead atoms. The maximum atomic E-state index is 12.2. The van der Waals surface area contributed by atoms with Crippen LogP contribution in [0.2, 0.25) is 0 Å². The molecule has 2 N–H and O–H groups in total. The van der Waals surface area contributed by atoms with Gasteiger partial charge in [-0.3, -0.25) is 0 Å². The fourth-order valence-electron chi connectivity index (χ4n) is 2.07. The molecule has 0 spiro atoms. The van der Waals surface area contributed by atoms with Gasteiger partial charge in [0.15, 0.2) is 0 Å². The second-order valence-electron chi connectivity index (χ2n) is 4.54. The second-order valence-corrected chi connectivity index (χ2v) is 6.27. The van der Waals surface area contributed by atoms with Crippen molar-refractivity contribution in [1.82, 2.24) is 9.71 Å². The molecule has 0 amide bonds. The molecule has 7 heteroatoms. The van der Waals surface area contributed by atoms with Crippen molar-refractivity contribution in [2.45, 2.75) is 17.7 Å². The number of aromatic nitrogens is 1. The highest BCUT2D eigenvalue weighted by Gasteiger charge is 2.21. The second kappa shape index (κ2) is 6.31. The summed E-state index contributed by atoms with van der Waals surface area (Å²) in [7, 11) is -1.88. The lowest BCUT2D eigenvalue weighted by Crippen LogP contribution is -2.33. The molecular weight excluding hydrogens is 266 g/mol. The van der Waals surface area contributed by atoms with Crippen LogP contribution in [0.3, 0.4) is 0 Å². The Bertz CT molecular complexity index is 513. The van der Waals surface area contributed by atoms with Crippen LogP contribution in [0.5, 0.6) is 0 Å². The monoisotopic (exact) mass is 285 g/mol. The maximum absolute atomic E-state index is 12.2. The molecule has 1 aliphatic heterocycles. The number of anilines is 1. The van der Waals surface area contributed by atoms with Gasteiger partial charge >= 0.3 is 0 Å². The van der Waals surface area contributed by atoms with E-state index in [2.05, 4.69) is 15.0 Å². The minimum Gasteiger partial charge on any atom is -0.381 e. The molecule has 0 aliphatic carbocycles. The van der Waals surface area contributed by atoms with Crippen LogP contribution in [-0.2, 0) is 14.8 Å². The molecule has 2 heterocycles. The molecule has 1 saturated heterocycles. The number of sulfonamides is 1. The molecule has 0 radical (unpaired) electrons. The van der Waals surface area contributed by atoms with Crippen molar-refractivity contribution in [3.8, 4) is 0 Å². The zero-order valence-corrected chi connectivity index (χ0v) is 11.7. The molecule has 1 fully saturated rings. The minimum atomic E-state index is -3.53. The van der Waals surface area contributed by atoms with Crippen LogP contribution < -0.4 is 10.0 Å². The Kier molecular flexibility index (Phi) is 4.73. The zero-order valence-electron chi connectivity index (χ0n) is 10.9. The first kappa shape index (κ1) is 14.2. The third-order valence-electron chi connectivity index (χ3n) is 3.11. The van der Waals surface area contributed by atoms with Crippen LogP contribution in [0.1, 0.15) is 12.8 Å². The Morgan fingerprint density at radius 1 is 1.53 bits per heavy atom. The summed E-state index contributed by atoms with van der Waals surface area (Å²) in [6.07, 6.45) is 3.54. The van der Waals surface area contributed by atoms with Crippen LogP contribution >= 0.6 is 0 Å². The van der Waals surface area contributed by atoms with Gasteiger partial charge in [-0.2, -0.15) is 0 Å². The summed E-state index contributed by atoms with van der Waals surface area (Å²) >= 11 is 0. The average molecular weight is 285 g/mol. The fourth-order valence-corrected chi connectivity index (χ4v) is 3.35. The van der Waals surface area contributed by atoms with E-state index >= 15 is 0 Å². The molecule has 2 rings (SSSR count). The van der Waals surface area contributed by atoms with Crippen molar-refractivity contribution in [2.24, 2.45) is 5.92 Å². The maximum Gasteiger partial charge on any atom is 0.244 e. The van der Waals surface area contributed by atoms with Crippen molar-refractivity contribution >= 4 is 15.8 Å². The summed E-state index contributed by atoms with van der Waals surface area (Å²) in [5.41, 5.74) is 0. The van der Waals surface area contributed by atoms with Crippen molar-refractivity contribution < 1.29 is 13.2 Å². The molecule has 19 heavy (non-hydrogen) atoms. The van der Waals surface area contributed by atoms with Crippen LogP contribution in [0, 0.1) is 5.92 Å². The number of rotatable bonds is 5. The predicted molar refractivity (Wildman–Crippen MR) is 72.5 cm³/mol. The lowest BCUT2D eigenvalue weighted by atomic mass is 10.0. The standard InChI is InChI=1S/C12H19N3O3S/c1-13-12-11(5-2-6-14-12)19(16,17)15-8-10-4-3-7-18-9-10/h2,5-6,10,15H,3-4,7-9H2,1H3,(H,13,14). The highest BCUT2D eigenvalue weighted by atomic mass is 32.2. The summed E-state index contributed by atoms with van der Waals surface area (Å²) in [6, 6.07) is 3.15. The number of nitrogens with zero attached hydrogens (tertiary/aromatic N) is 1. The molecule has 1 aliphatic rings. The predicted octanol–water partition coefficient (Wildman–Crippen LogP) is 0.828. The van der Waals surface area contributed by atoms with Crippen LogP contribution in [-0.4, -0.2) is 40.2 Å². The number of hydrogen-bond donors (Lipinski definition) is 2. The third kappa shape index (κ3) is 3.65. The quantitative estimate of drug-likeness (QED) is 0.837. The largest absolute Gasteiger partial charge is 0.381 e. The van der Waals surface area contributed by atoms with Gasteiger partial charge in [0.2, 0.25) is 10.0 Å². The molecule has 0 aromatic carbocycles. The first-order valence-corrected chi connectivity index (χ1v) is 7.82. The molecule has 1 aromatic rings. The van der Waals surface area contributed by atoms with Gasteiger partial charge in [-0.05, 0) is 30.9 Å². The molecule has 1 atom stereocenters. The first-order valence-electron chi connectivity index (χ1n) is 6.33. The van der Waals surface area contributed by atoms with Gasteiger partial charge in [0.25, 0.3) is 0 Å². The van der Waals surface area contributed by atoms with Gasteiger partial charge in [-0.15, -0.1) is 0 Å². The smallest absolute Gasteiger partial charge is 0.244 e. The van der Waals surface area contributed by atoms with E-state index in [1.165, 1.54) is 0 Å². The van der Waals surface area contributed by atoms with Crippen molar-refractivity contribution in [2.75, 3.05) is 32.1 Å². The number of ether oxygens (including phenoxy) is 1. The topological polar surface area (TPSA) is 80.3 Å². The van der Waals surface area contributed by atoms with E-state index in [1.54, 1.807) is 25.4 Å². The molecule has 0 saturated carbocycles. The van der Waals surface area contributed by atoms with E-state index in [9.17, 15) is 8.42 Å². The summed E-state index contributed by atoms with van der Waals surface area (Å²) in [4.78, 5) is 4.18. The van der Waals surface area contributed by atoms with Crippen LogP contribution in [0.4, 0.5) is 5.82 Å². The Labute approximate surface area is 113 Å². The van der Waals surface area contributed by atoms with Gasteiger partial charge < -0.3 is 10.1 Å². The molecule has 1 aromatic heterocycles. The lowest BCUT2D eigenvalue weighted by molar-refractivity contribution is 0.0568. The third-order valence-corrected chi connectivity index (χ3v) is 4.57. The minimum absolute atomic E-state index is 0.175. The number of nitrogens with one attached hydrogen (secondary N) is 2. The Hall–Kier alpha value is -1.18.